The van der Waals surface area contributed by atoms with Gasteiger partial charge in [0.25, 0.3) is 0 Å². The van der Waals surface area contributed by atoms with E-state index in [1.165, 1.54) is 51.3 Å². The predicted molar refractivity (Wildman–Crippen MR) is 101 cm³/mol. The van der Waals surface area contributed by atoms with Crippen LogP contribution in [0.25, 0.3) is 0 Å². The highest BCUT2D eigenvalue weighted by Crippen LogP contribution is 2.19. The maximum Gasteiger partial charge on any atom is 0.389 e. The van der Waals surface area contributed by atoms with Crippen molar-refractivity contribution in [3.8, 4) is 0 Å². The van der Waals surface area contributed by atoms with Crippen molar-refractivity contribution < 1.29 is 22.9 Å². The minimum Gasteiger partial charge on any atom is -0.358 e. The quantitative estimate of drug-likeness (QED) is 0.377. The number of hydrogen-bond donors (Lipinski definition) is 0. The number of nitro groups is 1. The van der Waals surface area contributed by atoms with Crippen molar-refractivity contribution in [3.63, 3.8) is 0 Å². The summed E-state index contributed by atoms with van der Waals surface area (Å²) in [4.78, 5) is 35.4. The molecule has 2 heterocycles. The first-order chi connectivity index (χ1) is 13.7. The van der Waals surface area contributed by atoms with Crippen molar-refractivity contribution in [1.82, 2.24) is 19.0 Å². The van der Waals surface area contributed by atoms with Gasteiger partial charge in [0.2, 0.25) is 15.9 Å². The maximum absolute atomic E-state index is 12.8. The van der Waals surface area contributed by atoms with Crippen LogP contribution in [0.15, 0.2) is 41.4 Å². The molecule has 0 atom stereocenters. The molecule has 1 aromatic heterocycles. The van der Waals surface area contributed by atoms with Crippen molar-refractivity contribution in [2.24, 2.45) is 0 Å². The first kappa shape index (κ1) is 20.6. The summed E-state index contributed by atoms with van der Waals surface area (Å²) in [5, 5.41) is 14.4. The fourth-order valence-corrected chi connectivity index (χ4v) is 4.45. The molecule has 2 aromatic rings. The number of nitrogens with zero attached hydrogens (tertiary/aromatic N) is 5. The van der Waals surface area contributed by atoms with Gasteiger partial charge in [-0.2, -0.15) is 8.99 Å². The summed E-state index contributed by atoms with van der Waals surface area (Å²) >= 11 is 0. The van der Waals surface area contributed by atoms with Gasteiger partial charge in [0, 0.05) is 31.7 Å². The van der Waals surface area contributed by atoms with Crippen molar-refractivity contribution in [3.05, 3.63) is 52.2 Å². The number of piperazine rings is 1. The van der Waals surface area contributed by atoms with E-state index in [4.69, 9.17) is 0 Å². The predicted octanol–water partition coefficient (Wildman–Crippen LogP) is 0.527. The second kappa shape index (κ2) is 8.09. The Morgan fingerprint density at radius 3 is 2.45 bits per heavy atom. The molecular weight excluding hydrogens is 402 g/mol. The fraction of sp³-hybridized carbons (Fsp3) is 0.353. The SMILES string of the molecule is CC(=O)c1cccc(S(=O)(=O)N2CCN(C(=O)Cn3ccc([N+](=O)[O-])n3)CC2)c1. The number of aromatic nitrogens is 2. The Morgan fingerprint density at radius 1 is 1.17 bits per heavy atom. The van der Waals surface area contributed by atoms with E-state index < -0.39 is 14.9 Å². The van der Waals surface area contributed by atoms with Gasteiger partial charge in [-0.25, -0.2) is 8.42 Å². The summed E-state index contributed by atoms with van der Waals surface area (Å²) in [6, 6.07) is 7.06. The lowest BCUT2D eigenvalue weighted by atomic mass is 10.2. The monoisotopic (exact) mass is 421 g/mol. The number of sulfonamides is 1. The molecule has 3 rings (SSSR count). The van der Waals surface area contributed by atoms with E-state index in [0.29, 0.717) is 5.56 Å². The second-order valence-corrected chi connectivity index (χ2v) is 8.44. The van der Waals surface area contributed by atoms with Gasteiger partial charge >= 0.3 is 5.82 Å². The van der Waals surface area contributed by atoms with Crippen LogP contribution in [0, 0.1) is 10.1 Å². The molecule has 29 heavy (non-hydrogen) atoms. The number of ketones is 1. The summed E-state index contributed by atoms with van der Waals surface area (Å²) in [7, 11) is -3.78. The van der Waals surface area contributed by atoms with Crippen LogP contribution in [0.4, 0.5) is 5.82 Å². The van der Waals surface area contributed by atoms with E-state index in [2.05, 4.69) is 5.10 Å². The molecule has 0 N–H and O–H groups in total. The van der Waals surface area contributed by atoms with Crippen LogP contribution in [0.1, 0.15) is 17.3 Å². The number of carbonyl (C=O) groups excluding carboxylic acids is 2. The molecule has 0 unspecified atom stereocenters. The normalized spacial score (nSPS) is 15.3. The van der Waals surface area contributed by atoms with Crippen molar-refractivity contribution in [2.45, 2.75) is 18.4 Å². The standard InChI is InChI=1S/C17H19N5O6S/c1-13(23)14-3-2-4-15(11-14)29(27,28)21-9-7-19(8-10-21)17(24)12-20-6-5-16(18-20)22(25)26/h2-6,11H,7-10,12H2,1H3. The van der Waals surface area contributed by atoms with Crippen molar-refractivity contribution >= 4 is 27.5 Å². The highest BCUT2D eigenvalue weighted by molar-refractivity contribution is 7.89. The number of amides is 1. The van der Waals surface area contributed by atoms with Crippen LogP contribution >= 0.6 is 0 Å². The van der Waals surface area contributed by atoms with Gasteiger partial charge in [-0.15, -0.1) is 0 Å². The molecule has 0 saturated carbocycles. The smallest absolute Gasteiger partial charge is 0.358 e. The van der Waals surface area contributed by atoms with Gasteiger partial charge < -0.3 is 15.0 Å². The fourth-order valence-electron chi connectivity index (χ4n) is 2.98. The zero-order chi connectivity index (χ0) is 21.2. The largest absolute Gasteiger partial charge is 0.389 e. The topological polar surface area (TPSA) is 136 Å². The van der Waals surface area contributed by atoms with E-state index in [1.54, 1.807) is 6.07 Å². The summed E-state index contributed by atoms with van der Waals surface area (Å²) in [5.41, 5.74) is 0.313. The summed E-state index contributed by atoms with van der Waals surface area (Å²) in [6.45, 7) is 1.79. The van der Waals surface area contributed by atoms with E-state index in [1.807, 2.05) is 0 Å². The summed E-state index contributed by atoms with van der Waals surface area (Å²) < 4.78 is 28.1. The minimum absolute atomic E-state index is 0.0360. The Labute approximate surface area is 166 Å². The highest BCUT2D eigenvalue weighted by atomic mass is 32.2. The van der Waals surface area contributed by atoms with E-state index >= 15 is 0 Å². The lowest BCUT2D eigenvalue weighted by molar-refractivity contribution is -0.389. The second-order valence-electron chi connectivity index (χ2n) is 6.50. The number of benzene rings is 1. The third-order valence-corrected chi connectivity index (χ3v) is 6.48. The molecule has 1 aliphatic heterocycles. The Hall–Kier alpha value is -3.12. The third kappa shape index (κ3) is 4.49. The third-order valence-electron chi connectivity index (χ3n) is 4.58. The van der Waals surface area contributed by atoms with Crippen LogP contribution in [-0.2, 0) is 21.4 Å². The molecule has 1 aliphatic rings. The number of carbonyl (C=O) groups is 2. The highest BCUT2D eigenvalue weighted by Gasteiger charge is 2.30. The average Bonchev–Trinajstić information content (AvgIpc) is 3.17. The van der Waals surface area contributed by atoms with E-state index in [9.17, 15) is 28.1 Å². The van der Waals surface area contributed by atoms with Gasteiger partial charge in [0.05, 0.1) is 22.3 Å². The zero-order valence-electron chi connectivity index (χ0n) is 15.6. The van der Waals surface area contributed by atoms with Gasteiger partial charge in [-0.1, -0.05) is 12.1 Å². The first-order valence-electron chi connectivity index (χ1n) is 8.75. The van der Waals surface area contributed by atoms with Gasteiger partial charge in [-0.05, 0) is 24.0 Å². The van der Waals surface area contributed by atoms with Gasteiger partial charge in [-0.3, -0.25) is 9.59 Å². The molecule has 1 amide bonds. The zero-order valence-corrected chi connectivity index (χ0v) is 16.4. The molecule has 12 heteroatoms. The van der Waals surface area contributed by atoms with Crippen LogP contribution < -0.4 is 0 Å². The lowest BCUT2D eigenvalue weighted by Gasteiger charge is -2.33. The van der Waals surface area contributed by atoms with Gasteiger partial charge in [0.1, 0.15) is 6.54 Å². The number of hydrogen-bond acceptors (Lipinski definition) is 7. The molecule has 154 valence electrons. The van der Waals surface area contributed by atoms with E-state index in [-0.39, 0.29) is 55.1 Å². The van der Waals surface area contributed by atoms with Gasteiger partial charge in [0.15, 0.2) is 5.78 Å². The number of Topliss-reactive ketones (excluding diaryl/α,β-unsaturated/α-hetero) is 1. The Bertz CT molecular complexity index is 1060. The maximum atomic E-state index is 12.8. The number of rotatable bonds is 6. The first-order valence-corrected chi connectivity index (χ1v) is 10.2. The molecular formula is C17H19N5O6S. The Balaban J connectivity index is 1.63. The molecule has 0 bridgehead atoms. The van der Waals surface area contributed by atoms with Crippen LogP contribution in [-0.4, -0.2) is 70.2 Å². The average molecular weight is 421 g/mol. The van der Waals surface area contributed by atoms with Crippen LogP contribution in [0.2, 0.25) is 0 Å². The molecule has 11 nitrogen and oxygen atoms in total. The molecule has 1 saturated heterocycles. The molecule has 0 spiro atoms. The molecule has 1 aromatic carbocycles. The van der Waals surface area contributed by atoms with Crippen molar-refractivity contribution in [2.75, 3.05) is 26.2 Å². The molecule has 1 fully saturated rings. The lowest BCUT2D eigenvalue weighted by Crippen LogP contribution is -2.51. The van der Waals surface area contributed by atoms with E-state index in [0.717, 1.165) is 0 Å². The summed E-state index contributed by atoms with van der Waals surface area (Å²) in [5.74, 6) is -0.878. The Morgan fingerprint density at radius 2 is 1.86 bits per heavy atom. The summed E-state index contributed by atoms with van der Waals surface area (Å²) in [6.07, 6.45) is 1.35. The van der Waals surface area contributed by atoms with Crippen LogP contribution in [0.5, 0.6) is 0 Å². The van der Waals surface area contributed by atoms with Crippen LogP contribution in [0.3, 0.4) is 0 Å². The minimum atomic E-state index is -3.78. The van der Waals surface area contributed by atoms with Crippen molar-refractivity contribution in [1.29, 1.82) is 0 Å². The molecule has 0 radical (unpaired) electrons. The molecule has 0 aliphatic carbocycles. The Kier molecular flexibility index (Phi) is 5.75.